The van der Waals surface area contributed by atoms with Crippen molar-refractivity contribution in [1.82, 2.24) is 9.71 Å². The number of hydrogen-bond donors (Lipinski definition) is 1. The van der Waals surface area contributed by atoms with Crippen molar-refractivity contribution in [2.75, 3.05) is 18.0 Å². The number of nitrogens with zero attached hydrogens (tertiary/aromatic N) is 2. The van der Waals surface area contributed by atoms with Crippen molar-refractivity contribution >= 4 is 27.1 Å². The van der Waals surface area contributed by atoms with Gasteiger partial charge >= 0.3 is 0 Å². The molecule has 1 aromatic heterocycles. The number of benzene rings is 2. The third-order valence-electron chi connectivity index (χ3n) is 5.45. The maximum absolute atomic E-state index is 12.8. The van der Waals surface area contributed by atoms with Crippen LogP contribution in [0.5, 0.6) is 0 Å². The summed E-state index contributed by atoms with van der Waals surface area (Å²) in [6.45, 7) is 7.45. The van der Waals surface area contributed by atoms with E-state index in [2.05, 4.69) is 35.4 Å². The summed E-state index contributed by atoms with van der Waals surface area (Å²) in [6, 6.07) is 15.3. The highest BCUT2D eigenvalue weighted by atomic mass is 32.2. The van der Waals surface area contributed by atoms with Gasteiger partial charge in [-0.2, -0.15) is 4.98 Å². The fraction of sp³-hybridized carbons (Fsp3) is 0.409. The van der Waals surface area contributed by atoms with E-state index in [-0.39, 0.29) is 16.4 Å². The van der Waals surface area contributed by atoms with Crippen LogP contribution in [0.15, 0.2) is 57.8 Å². The Labute approximate surface area is 172 Å². The topological polar surface area (TPSA) is 75.4 Å². The van der Waals surface area contributed by atoms with E-state index >= 15 is 0 Å². The Balaban J connectivity index is 1.47. The van der Waals surface area contributed by atoms with Crippen LogP contribution in [-0.4, -0.2) is 32.5 Å². The van der Waals surface area contributed by atoms with Gasteiger partial charge in [0.05, 0.1) is 4.90 Å². The van der Waals surface area contributed by atoms with Crippen molar-refractivity contribution < 1.29 is 12.8 Å². The molecule has 1 aliphatic heterocycles. The molecule has 1 saturated heterocycles. The summed E-state index contributed by atoms with van der Waals surface area (Å²) in [5.41, 5.74) is 2.65. The molecule has 0 bridgehead atoms. The highest BCUT2D eigenvalue weighted by molar-refractivity contribution is 7.89. The van der Waals surface area contributed by atoms with Gasteiger partial charge in [0.25, 0.3) is 6.01 Å². The molecule has 2 heterocycles. The SMILES string of the molecule is CC(C)(C)c1ccc(S(=O)(=O)NCC2CCCN2c2nc3ccccc3o2)cc1. The predicted molar refractivity (Wildman–Crippen MR) is 115 cm³/mol. The Morgan fingerprint density at radius 3 is 2.55 bits per heavy atom. The van der Waals surface area contributed by atoms with Crippen LogP contribution in [0, 0.1) is 0 Å². The smallest absolute Gasteiger partial charge is 0.298 e. The first kappa shape index (κ1) is 19.9. The van der Waals surface area contributed by atoms with Crippen molar-refractivity contribution in [1.29, 1.82) is 0 Å². The largest absolute Gasteiger partial charge is 0.423 e. The number of aromatic nitrogens is 1. The first-order valence-corrected chi connectivity index (χ1v) is 11.4. The lowest BCUT2D eigenvalue weighted by molar-refractivity contribution is 0.534. The molecular formula is C22H27N3O3S. The molecule has 0 saturated carbocycles. The van der Waals surface area contributed by atoms with Crippen LogP contribution < -0.4 is 9.62 Å². The summed E-state index contributed by atoms with van der Waals surface area (Å²) in [5.74, 6) is 0. The average molecular weight is 414 g/mol. The van der Waals surface area contributed by atoms with Crippen LogP contribution in [0.1, 0.15) is 39.2 Å². The number of oxazole rings is 1. The van der Waals surface area contributed by atoms with Crippen molar-refractivity contribution in [3.05, 3.63) is 54.1 Å². The van der Waals surface area contributed by atoms with E-state index in [1.165, 1.54) is 0 Å². The normalized spacial score (nSPS) is 17.9. The van der Waals surface area contributed by atoms with E-state index in [1.54, 1.807) is 12.1 Å². The summed E-state index contributed by atoms with van der Waals surface area (Å²) >= 11 is 0. The molecule has 1 aliphatic rings. The van der Waals surface area contributed by atoms with Crippen LogP contribution >= 0.6 is 0 Å². The molecule has 4 rings (SSSR count). The summed E-state index contributed by atoms with van der Waals surface area (Å²) in [6.07, 6.45) is 1.87. The number of hydrogen-bond acceptors (Lipinski definition) is 5. The van der Waals surface area contributed by atoms with Gasteiger partial charge in [-0.1, -0.05) is 45.0 Å². The average Bonchev–Trinajstić information content (AvgIpc) is 3.32. The molecule has 0 amide bonds. The van der Waals surface area contributed by atoms with Crippen molar-refractivity contribution in [2.45, 2.75) is 50.0 Å². The van der Waals surface area contributed by atoms with E-state index in [4.69, 9.17) is 4.42 Å². The number of rotatable bonds is 5. The maximum atomic E-state index is 12.8. The molecule has 29 heavy (non-hydrogen) atoms. The first-order valence-electron chi connectivity index (χ1n) is 9.96. The number of sulfonamides is 1. The van der Waals surface area contributed by atoms with Gasteiger partial charge in [0.1, 0.15) is 5.52 Å². The number of anilines is 1. The monoisotopic (exact) mass is 413 g/mol. The lowest BCUT2D eigenvalue weighted by atomic mass is 9.87. The Morgan fingerprint density at radius 2 is 1.86 bits per heavy atom. The first-order chi connectivity index (χ1) is 13.7. The zero-order valence-corrected chi connectivity index (χ0v) is 17.9. The molecular weight excluding hydrogens is 386 g/mol. The maximum Gasteiger partial charge on any atom is 0.298 e. The van der Waals surface area contributed by atoms with Gasteiger partial charge in [0.2, 0.25) is 10.0 Å². The van der Waals surface area contributed by atoms with Gasteiger partial charge in [-0.25, -0.2) is 13.1 Å². The van der Waals surface area contributed by atoms with Crippen LogP contribution in [0.3, 0.4) is 0 Å². The van der Waals surface area contributed by atoms with Gasteiger partial charge in [0, 0.05) is 19.1 Å². The summed E-state index contributed by atoms with van der Waals surface area (Å²) in [4.78, 5) is 6.91. The van der Waals surface area contributed by atoms with Crippen LogP contribution in [0.2, 0.25) is 0 Å². The molecule has 0 spiro atoms. The van der Waals surface area contributed by atoms with Crippen molar-refractivity contribution in [3.8, 4) is 0 Å². The fourth-order valence-electron chi connectivity index (χ4n) is 3.71. The third kappa shape index (κ3) is 4.16. The Morgan fingerprint density at radius 1 is 1.14 bits per heavy atom. The van der Waals surface area contributed by atoms with E-state index in [0.717, 1.165) is 36.0 Å². The quantitative estimate of drug-likeness (QED) is 0.682. The number of para-hydroxylation sites is 2. The zero-order chi connectivity index (χ0) is 20.6. The van der Waals surface area contributed by atoms with Gasteiger partial charge in [-0.3, -0.25) is 0 Å². The van der Waals surface area contributed by atoms with E-state index in [1.807, 2.05) is 36.4 Å². The van der Waals surface area contributed by atoms with Crippen LogP contribution in [-0.2, 0) is 15.4 Å². The third-order valence-corrected chi connectivity index (χ3v) is 6.88. The van der Waals surface area contributed by atoms with Crippen molar-refractivity contribution in [3.63, 3.8) is 0 Å². The molecule has 1 atom stereocenters. The summed E-state index contributed by atoms with van der Waals surface area (Å²) in [7, 11) is -3.57. The number of fused-ring (bicyclic) bond motifs is 1. The molecule has 1 unspecified atom stereocenters. The summed E-state index contributed by atoms with van der Waals surface area (Å²) < 4.78 is 34.2. The second-order valence-electron chi connectivity index (χ2n) is 8.58. The number of nitrogens with one attached hydrogen (secondary N) is 1. The second kappa shape index (κ2) is 7.46. The molecule has 0 aliphatic carbocycles. The van der Waals surface area contributed by atoms with E-state index < -0.39 is 10.0 Å². The van der Waals surface area contributed by atoms with Crippen LogP contribution in [0.4, 0.5) is 6.01 Å². The lowest BCUT2D eigenvalue weighted by Crippen LogP contribution is -2.40. The molecule has 1 N–H and O–H groups in total. The van der Waals surface area contributed by atoms with Gasteiger partial charge in [0.15, 0.2) is 5.58 Å². The summed E-state index contributed by atoms with van der Waals surface area (Å²) in [5, 5.41) is 0. The molecule has 3 aromatic rings. The lowest BCUT2D eigenvalue weighted by Gasteiger charge is -2.23. The minimum atomic E-state index is -3.57. The minimum Gasteiger partial charge on any atom is -0.423 e. The van der Waals surface area contributed by atoms with E-state index in [9.17, 15) is 8.42 Å². The standard InChI is InChI=1S/C22H27N3O3S/c1-22(2,3)16-10-12-18(13-11-16)29(26,27)23-15-17-7-6-14-25(17)21-24-19-8-4-5-9-20(19)28-21/h4-5,8-13,17,23H,6-7,14-15H2,1-3H3. The van der Waals surface area contributed by atoms with Crippen molar-refractivity contribution in [2.24, 2.45) is 0 Å². The molecule has 0 radical (unpaired) electrons. The molecule has 2 aromatic carbocycles. The predicted octanol–water partition coefficient (Wildman–Crippen LogP) is 4.07. The molecule has 154 valence electrons. The molecule has 1 fully saturated rings. The van der Waals surface area contributed by atoms with Gasteiger partial charge in [-0.15, -0.1) is 0 Å². The highest BCUT2D eigenvalue weighted by Crippen LogP contribution is 2.28. The zero-order valence-electron chi connectivity index (χ0n) is 17.1. The van der Waals surface area contributed by atoms with Gasteiger partial charge in [-0.05, 0) is 48.1 Å². The Kier molecular flexibility index (Phi) is 5.12. The highest BCUT2D eigenvalue weighted by Gasteiger charge is 2.30. The minimum absolute atomic E-state index is 0.0142. The molecule has 7 heteroatoms. The Bertz CT molecular complexity index is 1070. The van der Waals surface area contributed by atoms with Gasteiger partial charge < -0.3 is 9.32 Å². The second-order valence-corrected chi connectivity index (χ2v) is 10.3. The molecule has 6 nitrogen and oxygen atoms in total. The van der Waals surface area contributed by atoms with E-state index in [0.29, 0.717) is 12.6 Å². The van der Waals surface area contributed by atoms with Crippen LogP contribution in [0.25, 0.3) is 11.1 Å². The Hall–Kier alpha value is -2.38. The fourth-order valence-corrected chi connectivity index (χ4v) is 4.78.